The van der Waals surface area contributed by atoms with E-state index in [0.717, 1.165) is 25.3 Å². The molecular formula is C17H29NO. The summed E-state index contributed by atoms with van der Waals surface area (Å²) in [6.45, 7) is 15.0. The second-order valence-corrected chi connectivity index (χ2v) is 6.77. The zero-order valence-electron chi connectivity index (χ0n) is 13.3. The maximum atomic E-state index is 5.49. The average Bonchev–Trinajstić information content (AvgIpc) is 2.28. The molecule has 0 aliphatic carbocycles. The first-order valence-corrected chi connectivity index (χ1v) is 7.23. The van der Waals surface area contributed by atoms with Crippen molar-refractivity contribution in [2.75, 3.05) is 13.2 Å². The fourth-order valence-corrected chi connectivity index (χ4v) is 2.06. The van der Waals surface area contributed by atoms with Gasteiger partial charge in [0.05, 0.1) is 6.61 Å². The molecule has 0 saturated carbocycles. The first-order valence-electron chi connectivity index (χ1n) is 7.23. The summed E-state index contributed by atoms with van der Waals surface area (Å²) in [6.07, 6.45) is 1.12. The van der Waals surface area contributed by atoms with Crippen LogP contribution in [0.3, 0.4) is 0 Å². The topological polar surface area (TPSA) is 21.3 Å². The quantitative estimate of drug-likeness (QED) is 0.833. The Morgan fingerprint density at radius 2 is 1.58 bits per heavy atom. The van der Waals surface area contributed by atoms with E-state index in [1.807, 2.05) is 6.92 Å². The van der Waals surface area contributed by atoms with Crippen molar-refractivity contribution in [3.63, 3.8) is 0 Å². The molecule has 0 bridgehead atoms. The van der Waals surface area contributed by atoms with E-state index in [1.165, 1.54) is 5.56 Å². The van der Waals surface area contributed by atoms with Crippen molar-refractivity contribution in [2.45, 2.75) is 58.9 Å². The summed E-state index contributed by atoms with van der Waals surface area (Å²) in [5, 5.41) is 3.55. The van der Waals surface area contributed by atoms with Crippen molar-refractivity contribution in [3.8, 4) is 5.75 Å². The fraction of sp³-hybridized carbons (Fsp3) is 0.647. The SMILES string of the molecule is CCOc1ccc(C(C)(C)CCNC(C)(C)C)cc1. The predicted octanol–water partition coefficient (Wildman–Crippen LogP) is 4.14. The maximum absolute atomic E-state index is 5.49. The molecule has 1 aromatic rings. The molecule has 0 aliphatic heterocycles. The zero-order chi connectivity index (χ0) is 14.5. The van der Waals surface area contributed by atoms with Gasteiger partial charge in [-0.2, -0.15) is 0 Å². The largest absolute Gasteiger partial charge is 0.494 e. The molecule has 2 nitrogen and oxygen atoms in total. The van der Waals surface area contributed by atoms with Gasteiger partial charge in [0, 0.05) is 5.54 Å². The van der Waals surface area contributed by atoms with Crippen LogP contribution < -0.4 is 10.1 Å². The van der Waals surface area contributed by atoms with Crippen LogP contribution in [-0.2, 0) is 5.41 Å². The van der Waals surface area contributed by atoms with Gasteiger partial charge in [0.1, 0.15) is 5.75 Å². The van der Waals surface area contributed by atoms with Crippen molar-refractivity contribution < 1.29 is 4.74 Å². The molecule has 2 heteroatoms. The first-order chi connectivity index (χ1) is 8.74. The van der Waals surface area contributed by atoms with Gasteiger partial charge in [0.2, 0.25) is 0 Å². The third kappa shape index (κ3) is 5.65. The van der Waals surface area contributed by atoms with Crippen LogP contribution in [0.25, 0.3) is 0 Å². The molecule has 0 aliphatic rings. The Hall–Kier alpha value is -1.02. The fourth-order valence-electron chi connectivity index (χ4n) is 2.06. The second kappa shape index (κ2) is 6.42. The highest BCUT2D eigenvalue weighted by molar-refractivity contribution is 5.31. The van der Waals surface area contributed by atoms with Crippen molar-refractivity contribution in [2.24, 2.45) is 0 Å². The smallest absolute Gasteiger partial charge is 0.119 e. The van der Waals surface area contributed by atoms with Crippen LogP contribution in [0.1, 0.15) is 53.5 Å². The molecule has 0 heterocycles. The van der Waals surface area contributed by atoms with Gasteiger partial charge in [-0.05, 0) is 63.8 Å². The van der Waals surface area contributed by atoms with Crippen LogP contribution in [0.2, 0.25) is 0 Å². The minimum Gasteiger partial charge on any atom is -0.494 e. The average molecular weight is 263 g/mol. The van der Waals surface area contributed by atoms with Gasteiger partial charge >= 0.3 is 0 Å². The highest BCUT2D eigenvalue weighted by Crippen LogP contribution is 2.28. The molecule has 108 valence electrons. The molecule has 1 rings (SSSR count). The number of nitrogens with one attached hydrogen (secondary N) is 1. The number of benzene rings is 1. The summed E-state index contributed by atoms with van der Waals surface area (Å²) in [5.41, 5.74) is 1.74. The van der Waals surface area contributed by atoms with E-state index >= 15 is 0 Å². The van der Waals surface area contributed by atoms with Crippen molar-refractivity contribution in [3.05, 3.63) is 29.8 Å². The molecule has 0 radical (unpaired) electrons. The molecule has 0 atom stereocenters. The van der Waals surface area contributed by atoms with Crippen LogP contribution in [0.5, 0.6) is 5.75 Å². The van der Waals surface area contributed by atoms with E-state index in [-0.39, 0.29) is 11.0 Å². The summed E-state index contributed by atoms with van der Waals surface area (Å²) >= 11 is 0. The highest BCUT2D eigenvalue weighted by atomic mass is 16.5. The first kappa shape index (κ1) is 16.0. The monoisotopic (exact) mass is 263 g/mol. The van der Waals surface area contributed by atoms with Gasteiger partial charge in [-0.1, -0.05) is 26.0 Å². The standard InChI is InChI=1S/C17H29NO/c1-7-19-15-10-8-14(9-11-15)17(5,6)12-13-18-16(2,3)4/h8-11,18H,7,12-13H2,1-6H3. The Labute approximate surface area is 118 Å². The molecule has 0 spiro atoms. The Kier molecular flexibility index (Phi) is 5.42. The maximum Gasteiger partial charge on any atom is 0.119 e. The molecule has 1 aromatic carbocycles. The summed E-state index contributed by atoms with van der Waals surface area (Å²) < 4.78 is 5.49. The Balaban J connectivity index is 2.60. The normalized spacial score (nSPS) is 12.5. The minimum atomic E-state index is 0.184. The zero-order valence-corrected chi connectivity index (χ0v) is 13.3. The lowest BCUT2D eigenvalue weighted by Gasteiger charge is -2.28. The van der Waals surface area contributed by atoms with Crippen molar-refractivity contribution in [1.29, 1.82) is 0 Å². The Morgan fingerprint density at radius 1 is 1.00 bits per heavy atom. The summed E-state index contributed by atoms with van der Waals surface area (Å²) in [4.78, 5) is 0. The van der Waals surface area contributed by atoms with Crippen LogP contribution >= 0.6 is 0 Å². The summed E-state index contributed by atoms with van der Waals surface area (Å²) in [7, 11) is 0. The number of hydrogen-bond donors (Lipinski definition) is 1. The van der Waals surface area contributed by atoms with Gasteiger partial charge in [-0.3, -0.25) is 0 Å². The number of hydrogen-bond acceptors (Lipinski definition) is 2. The van der Waals surface area contributed by atoms with Gasteiger partial charge in [-0.25, -0.2) is 0 Å². The second-order valence-electron chi connectivity index (χ2n) is 6.77. The minimum absolute atomic E-state index is 0.184. The Bertz CT molecular complexity index is 373. The predicted molar refractivity (Wildman–Crippen MR) is 83.0 cm³/mol. The van der Waals surface area contributed by atoms with Crippen LogP contribution in [0.4, 0.5) is 0 Å². The molecule has 0 saturated heterocycles. The summed E-state index contributed by atoms with van der Waals surface area (Å²) in [6, 6.07) is 8.50. The van der Waals surface area contributed by atoms with E-state index in [9.17, 15) is 0 Å². The van der Waals surface area contributed by atoms with E-state index < -0.39 is 0 Å². The molecule has 0 amide bonds. The molecule has 0 fully saturated rings. The van der Waals surface area contributed by atoms with Gasteiger partial charge < -0.3 is 10.1 Å². The van der Waals surface area contributed by atoms with Crippen LogP contribution in [0, 0.1) is 0 Å². The van der Waals surface area contributed by atoms with Gasteiger partial charge in [0.25, 0.3) is 0 Å². The van der Waals surface area contributed by atoms with Crippen molar-refractivity contribution in [1.82, 2.24) is 5.32 Å². The van der Waals surface area contributed by atoms with Crippen LogP contribution in [0.15, 0.2) is 24.3 Å². The molecule has 19 heavy (non-hydrogen) atoms. The van der Waals surface area contributed by atoms with Gasteiger partial charge in [0.15, 0.2) is 0 Å². The van der Waals surface area contributed by atoms with Gasteiger partial charge in [-0.15, -0.1) is 0 Å². The van der Waals surface area contributed by atoms with Crippen LogP contribution in [-0.4, -0.2) is 18.7 Å². The molecule has 0 aromatic heterocycles. The summed E-state index contributed by atoms with van der Waals surface area (Å²) in [5.74, 6) is 0.954. The third-order valence-corrected chi connectivity index (χ3v) is 3.35. The van der Waals surface area contributed by atoms with Crippen molar-refractivity contribution >= 4 is 0 Å². The lowest BCUT2D eigenvalue weighted by Crippen LogP contribution is -2.38. The highest BCUT2D eigenvalue weighted by Gasteiger charge is 2.21. The molecule has 1 N–H and O–H groups in total. The lowest BCUT2D eigenvalue weighted by atomic mass is 9.81. The molecule has 0 unspecified atom stereocenters. The number of ether oxygens (including phenoxy) is 1. The van der Waals surface area contributed by atoms with E-state index in [2.05, 4.69) is 64.2 Å². The van der Waals surface area contributed by atoms with E-state index in [0.29, 0.717) is 0 Å². The van der Waals surface area contributed by atoms with E-state index in [1.54, 1.807) is 0 Å². The molecular weight excluding hydrogens is 234 g/mol. The number of rotatable bonds is 6. The Morgan fingerprint density at radius 3 is 2.05 bits per heavy atom. The lowest BCUT2D eigenvalue weighted by molar-refractivity contribution is 0.339. The third-order valence-electron chi connectivity index (χ3n) is 3.35. The van der Waals surface area contributed by atoms with E-state index in [4.69, 9.17) is 4.74 Å².